The monoisotopic (exact) mass is 617 g/mol. The lowest BCUT2D eigenvalue weighted by Crippen LogP contribution is -2.24. The molecule has 0 fully saturated rings. The minimum Gasteiger partial charge on any atom is -0.345 e. The van der Waals surface area contributed by atoms with E-state index in [1.165, 1.54) is 17.8 Å². The highest BCUT2D eigenvalue weighted by Crippen LogP contribution is 2.27. The van der Waals surface area contributed by atoms with Crippen LogP contribution in [0, 0.1) is 3.57 Å². The average Bonchev–Trinajstić information content (AvgIpc) is 3.11. The number of aromatic nitrogens is 3. The molecule has 174 valence electrons. The molecule has 3 rings (SSSR count). The molecule has 33 heavy (non-hydrogen) atoms. The molecule has 0 aliphatic rings. The van der Waals surface area contributed by atoms with Crippen LogP contribution < -0.4 is 10.6 Å². The second-order valence-corrected chi connectivity index (χ2v) is 10.5. The minimum atomic E-state index is -0.341. The van der Waals surface area contributed by atoms with Gasteiger partial charge in [-0.3, -0.25) is 9.59 Å². The molecule has 0 aliphatic heterocycles. The Kier molecular flexibility index (Phi) is 9.02. The Hall–Kier alpha value is -1.82. The van der Waals surface area contributed by atoms with E-state index >= 15 is 0 Å². The van der Waals surface area contributed by atoms with Crippen molar-refractivity contribution in [3.63, 3.8) is 0 Å². The van der Waals surface area contributed by atoms with Crippen LogP contribution in [0.25, 0.3) is 0 Å². The number of halogens is 3. The Balaban J connectivity index is 1.57. The highest BCUT2D eigenvalue weighted by molar-refractivity contribution is 14.1. The molecule has 2 amide bonds. The van der Waals surface area contributed by atoms with Gasteiger partial charge in [-0.05, 0) is 70.5 Å². The Labute approximate surface area is 220 Å². The number of hydrogen-bond donors (Lipinski definition) is 2. The standard InChI is InChI=1S/C22H22Cl2IN5O2S/c1-12(2)16-9-14(25)5-7-18(16)27-20(31)11-33-22-29-28-19(30(22)3)10-26-21(32)15-6-4-13(23)8-17(15)24/h4-9,12H,10-11H2,1-3H3,(H,26,32)(H,27,31). The third kappa shape index (κ3) is 6.84. The van der Waals surface area contributed by atoms with Gasteiger partial charge < -0.3 is 15.2 Å². The van der Waals surface area contributed by atoms with Gasteiger partial charge in [-0.2, -0.15) is 0 Å². The minimum absolute atomic E-state index is 0.127. The predicted molar refractivity (Wildman–Crippen MR) is 141 cm³/mol. The summed E-state index contributed by atoms with van der Waals surface area (Å²) in [6, 6.07) is 10.7. The molecule has 0 radical (unpaired) electrons. The molecule has 0 saturated heterocycles. The first-order valence-corrected chi connectivity index (χ1v) is 12.8. The van der Waals surface area contributed by atoms with Crippen molar-refractivity contribution >= 4 is 75.1 Å². The summed E-state index contributed by atoms with van der Waals surface area (Å²) in [6.07, 6.45) is 0. The predicted octanol–water partition coefficient (Wildman–Crippen LogP) is 5.51. The largest absolute Gasteiger partial charge is 0.345 e. The molecule has 7 nitrogen and oxygen atoms in total. The summed E-state index contributed by atoms with van der Waals surface area (Å²) in [5, 5.41) is 15.3. The second-order valence-electron chi connectivity index (χ2n) is 7.49. The fraction of sp³-hybridized carbons (Fsp3) is 0.273. The van der Waals surface area contributed by atoms with Crippen LogP contribution in [0.5, 0.6) is 0 Å². The maximum Gasteiger partial charge on any atom is 0.253 e. The van der Waals surface area contributed by atoms with Crippen molar-refractivity contribution in [1.29, 1.82) is 0 Å². The maximum absolute atomic E-state index is 12.5. The van der Waals surface area contributed by atoms with E-state index in [0.29, 0.717) is 27.5 Å². The van der Waals surface area contributed by atoms with Gasteiger partial charge in [0.1, 0.15) is 0 Å². The van der Waals surface area contributed by atoms with E-state index < -0.39 is 0 Å². The molecule has 0 spiro atoms. The van der Waals surface area contributed by atoms with Gasteiger partial charge in [0, 0.05) is 21.3 Å². The number of benzene rings is 2. The number of hydrogen-bond acceptors (Lipinski definition) is 5. The quantitative estimate of drug-likeness (QED) is 0.257. The Bertz CT molecular complexity index is 1190. The van der Waals surface area contributed by atoms with E-state index in [2.05, 4.69) is 63.3 Å². The fourth-order valence-corrected chi connectivity index (χ4v) is 4.73. The number of nitrogens with zero attached hydrogens (tertiary/aromatic N) is 3. The van der Waals surface area contributed by atoms with Crippen LogP contribution in [0.15, 0.2) is 41.6 Å². The van der Waals surface area contributed by atoms with Crippen LogP contribution in [0.1, 0.15) is 41.5 Å². The molecule has 2 aromatic carbocycles. The van der Waals surface area contributed by atoms with Crippen LogP contribution in [-0.2, 0) is 18.4 Å². The number of carbonyl (C=O) groups is 2. The number of rotatable bonds is 8. The van der Waals surface area contributed by atoms with E-state index in [1.54, 1.807) is 23.7 Å². The van der Waals surface area contributed by atoms with Crippen molar-refractivity contribution in [2.75, 3.05) is 11.1 Å². The zero-order chi connectivity index (χ0) is 24.1. The molecule has 3 aromatic rings. The molecule has 2 N–H and O–H groups in total. The molecule has 1 aromatic heterocycles. The first-order valence-electron chi connectivity index (χ1n) is 9.99. The number of anilines is 1. The Morgan fingerprint density at radius 1 is 1.15 bits per heavy atom. The van der Waals surface area contributed by atoms with Crippen LogP contribution in [0.4, 0.5) is 5.69 Å². The third-order valence-electron chi connectivity index (χ3n) is 4.75. The maximum atomic E-state index is 12.5. The smallest absolute Gasteiger partial charge is 0.253 e. The third-order valence-corrected chi connectivity index (χ3v) is 6.99. The van der Waals surface area contributed by atoms with E-state index in [1.807, 2.05) is 12.1 Å². The van der Waals surface area contributed by atoms with Crippen molar-refractivity contribution in [3.8, 4) is 0 Å². The lowest BCUT2D eigenvalue weighted by molar-refractivity contribution is -0.113. The summed E-state index contributed by atoms with van der Waals surface area (Å²) in [4.78, 5) is 24.9. The van der Waals surface area contributed by atoms with Gasteiger partial charge in [0.25, 0.3) is 5.91 Å². The van der Waals surface area contributed by atoms with Crippen molar-refractivity contribution in [3.05, 3.63) is 67.0 Å². The van der Waals surface area contributed by atoms with E-state index in [0.717, 1.165) is 14.8 Å². The van der Waals surface area contributed by atoms with Crippen molar-refractivity contribution < 1.29 is 9.59 Å². The van der Waals surface area contributed by atoms with Crippen molar-refractivity contribution in [1.82, 2.24) is 20.1 Å². The summed E-state index contributed by atoms with van der Waals surface area (Å²) >= 11 is 15.5. The van der Waals surface area contributed by atoms with Crippen LogP contribution >= 0.6 is 57.6 Å². The highest BCUT2D eigenvalue weighted by Gasteiger charge is 2.16. The van der Waals surface area contributed by atoms with Gasteiger partial charge in [0.2, 0.25) is 5.91 Å². The Morgan fingerprint density at radius 2 is 1.91 bits per heavy atom. The normalized spacial score (nSPS) is 11.0. The summed E-state index contributed by atoms with van der Waals surface area (Å²) in [6.45, 7) is 4.35. The Morgan fingerprint density at radius 3 is 2.61 bits per heavy atom. The molecule has 0 saturated carbocycles. The average molecular weight is 618 g/mol. The summed E-state index contributed by atoms with van der Waals surface area (Å²) in [5.41, 5.74) is 2.24. The van der Waals surface area contributed by atoms with Crippen LogP contribution in [-0.4, -0.2) is 32.3 Å². The highest BCUT2D eigenvalue weighted by atomic mass is 127. The second kappa shape index (κ2) is 11.5. The topological polar surface area (TPSA) is 88.9 Å². The number of amides is 2. The number of carbonyl (C=O) groups excluding carboxylic acids is 2. The molecule has 11 heteroatoms. The van der Waals surface area contributed by atoms with Crippen molar-refractivity contribution in [2.24, 2.45) is 7.05 Å². The van der Waals surface area contributed by atoms with E-state index in [-0.39, 0.29) is 29.1 Å². The zero-order valence-electron chi connectivity index (χ0n) is 18.2. The molecule has 0 aliphatic carbocycles. The number of thioether (sulfide) groups is 1. The van der Waals surface area contributed by atoms with Gasteiger partial charge in [-0.1, -0.05) is 48.8 Å². The van der Waals surface area contributed by atoms with E-state index in [9.17, 15) is 9.59 Å². The summed E-state index contributed by atoms with van der Waals surface area (Å²) < 4.78 is 2.87. The van der Waals surface area contributed by atoms with Gasteiger partial charge in [-0.15, -0.1) is 10.2 Å². The molecule has 0 atom stereocenters. The summed E-state index contributed by atoms with van der Waals surface area (Å²) in [5.74, 6) is 0.561. The van der Waals surface area contributed by atoms with Gasteiger partial charge in [0.15, 0.2) is 11.0 Å². The lowest BCUT2D eigenvalue weighted by Gasteiger charge is -2.14. The lowest BCUT2D eigenvalue weighted by atomic mass is 10.0. The van der Waals surface area contributed by atoms with Gasteiger partial charge in [0.05, 0.1) is 22.9 Å². The molecule has 0 bridgehead atoms. The van der Waals surface area contributed by atoms with E-state index in [4.69, 9.17) is 23.2 Å². The van der Waals surface area contributed by atoms with Crippen LogP contribution in [0.2, 0.25) is 10.0 Å². The first kappa shape index (κ1) is 25.8. The molecular formula is C22H22Cl2IN5O2S. The molecular weight excluding hydrogens is 596 g/mol. The molecule has 0 unspecified atom stereocenters. The van der Waals surface area contributed by atoms with Gasteiger partial charge in [-0.25, -0.2) is 0 Å². The summed E-state index contributed by atoms with van der Waals surface area (Å²) in [7, 11) is 1.78. The van der Waals surface area contributed by atoms with Crippen LogP contribution in [0.3, 0.4) is 0 Å². The first-order chi connectivity index (χ1) is 15.7. The zero-order valence-corrected chi connectivity index (χ0v) is 22.6. The fourth-order valence-electron chi connectivity index (χ4n) is 2.99. The SMILES string of the molecule is CC(C)c1cc(I)ccc1NC(=O)CSc1nnc(CNC(=O)c2ccc(Cl)cc2Cl)n1C. The molecule has 1 heterocycles. The van der Waals surface area contributed by atoms with Crippen molar-refractivity contribution in [2.45, 2.75) is 31.5 Å². The van der Waals surface area contributed by atoms with Gasteiger partial charge >= 0.3 is 0 Å². The number of nitrogens with one attached hydrogen (secondary N) is 2.